The molecule has 3 aromatic rings. The lowest BCUT2D eigenvalue weighted by Crippen LogP contribution is -2.01. The van der Waals surface area contributed by atoms with Crippen LogP contribution in [0.2, 0.25) is 0 Å². The summed E-state index contributed by atoms with van der Waals surface area (Å²) in [5.41, 5.74) is 2.52. The lowest BCUT2D eigenvalue weighted by Gasteiger charge is -2.09. The molecule has 0 spiro atoms. The molecule has 0 aliphatic carbocycles. The van der Waals surface area contributed by atoms with Crippen molar-refractivity contribution in [2.45, 2.75) is 26.3 Å². The third-order valence-corrected chi connectivity index (χ3v) is 3.65. The van der Waals surface area contributed by atoms with E-state index in [-0.39, 0.29) is 0 Å². The average molecular weight is 253 g/mol. The molecule has 0 amide bonds. The maximum Gasteiger partial charge on any atom is 0.150 e. The van der Waals surface area contributed by atoms with Gasteiger partial charge in [0.15, 0.2) is 0 Å². The van der Waals surface area contributed by atoms with Gasteiger partial charge in [-0.15, -0.1) is 0 Å². The van der Waals surface area contributed by atoms with Gasteiger partial charge in [0.05, 0.1) is 5.52 Å². The van der Waals surface area contributed by atoms with Crippen LogP contribution in [-0.4, -0.2) is 16.6 Å². The number of benzene rings is 1. The quantitative estimate of drug-likeness (QED) is 0.760. The Balaban J connectivity index is 2.38. The summed E-state index contributed by atoms with van der Waals surface area (Å²) in [5.74, 6) is 0.963. The van der Waals surface area contributed by atoms with Crippen LogP contribution in [-0.2, 0) is 6.54 Å². The summed E-state index contributed by atoms with van der Waals surface area (Å²) in [6.07, 6.45) is 4.26. The maximum absolute atomic E-state index is 4.46. The first kappa shape index (κ1) is 12.0. The molecule has 0 unspecified atom stereocenters. The number of fused-ring (bicyclic) bond motifs is 3. The van der Waals surface area contributed by atoms with Crippen LogP contribution < -0.4 is 5.32 Å². The van der Waals surface area contributed by atoms with Crippen molar-refractivity contribution in [1.29, 1.82) is 0 Å². The molecule has 0 saturated carbocycles. The van der Waals surface area contributed by atoms with Crippen molar-refractivity contribution in [2.75, 3.05) is 12.4 Å². The Morgan fingerprint density at radius 2 is 2.00 bits per heavy atom. The molecular formula is C16H19N3. The molecule has 2 aromatic heterocycles. The van der Waals surface area contributed by atoms with E-state index in [1.165, 1.54) is 34.6 Å². The summed E-state index contributed by atoms with van der Waals surface area (Å²) in [7, 11) is 1.93. The van der Waals surface area contributed by atoms with Gasteiger partial charge in [-0.3, -0.25) is 0 Å². The number of nitrogens with one attached hydrogen (secondary N) is 1. The Hall–Kier alpha value is -2.03. The molecule has 3 rings (SSSR count). The Bertz CT molecular complexity index is 712. The first-order valence-electron chi connectivity index (χ1n) is 6.90. The Kier molecular flexibility index (Phi) is 3.11. The van der Waals surface area contributed by atoms with Crippen LogP contribution in [0.25, 0.3) is 21.8 Å². The molecule has 0 aliphatic heterocycles. The standard InChI is InChI=1S/C16H19N3/c1-3-4-11-19-14-8-6-5-7-12(14)13-9-10-18-16(17-2)15(13)19/h5-10H,3-4,11H2,1-2H3,(H,17,18). The number of aromatic nitrogens is 2. The van der Waals surface area contributed by atoms with E-state index in [2.05, 4.69) is 52.1 Å². The predicted molar refractivity (Wildman–Crippen MR) is 81.7 cm³/mol. The highest BCUT2D eigenvalue weighted by molar-refractivity contribution is 6.11. The van der Waals surface area contributed by atoms with E-state index in [0.717, 1.165) is 12.4 Å². The molecule has 0 atom stereocenters. The van der Waals surface area contributed by atoms with Crippen molar-refractivity contribution in [1.82, 2.24) is 9.55 Å². The van der Waals surface area contributed by atoms with Gasteiger partial charge in [0.2, 0.25) is 0 Å². The van der Waals surface area contributed by atoms with E-state index in [4.69, 9.17) is 0 Å². The molecule has 3 heteroatoms. The predicted octanol–water partition coefficient (Wildman–Crippen LogP) is 4.03. The molecule has 0 radical (unpaired) electrons. The number of hydrogen-bond donors (Lipinski definition) is 1. The number of rotatable bonds is 4. The summed E-state index contributed by atoms with van der Waals surface area (Å²) in [5, 5.41) is 5.81. The van der Waals surface area contributed by atoms with Crippen LogP contribution in [0.15, 0.2) is 36.5 Å². The summed E-state index contributed by atoms with van der Waals surface area (Å²) in [6.45, 7) is 3.27. The number of aryl methyl sites for hydroxylation is 1. The number of nitrogens with zero attached hydrogens (tertiary/aromatic N) is 2. The van der Waals surface area contributed by atoms with Crippen molar-refractivity contribution in [3.8, 4) is 0 Å². The van der Waals surface area contributed by atoms with Gasteiger partial charge in [-0.25, -0.2) is 4.98 Å². The van der Waals surface area contributed by atoms with Gasteiger partial charge in [-0.2, -0.15) is 0 Å². The Labute approximate surface area is 113 Å². The van der Waals surface area contributed by atoms with Crippen LogP contribution in [0.3, 0.4) is 0 Å². The molecule has 0 aliphatic rings. The summed E-state index contributed by atoms with van der Waals surface area (Å²) >= 11 is 0. The normalized spacial score (nSPS) is 11.3. The van der Waals surface area contributed by atoms with Crippen LogP contribution in [0.4, 0.5) is 5.82 Å². The molecule has 98 valence electrons. The molecule has 3 nitrogen and oxygen atoms in total. The molecule has 0 bridgehead atoms. The van der Waals surface area contributed by atoms with Gasteiger partial charge in [-0.05, 0) is 18.6 Å². The average Bonchev–Trinajstić information content (AvgIpc) is 2.79. The highest BCUT2D eigenvalue weighted by atomic mass is 15.0. The molecule has 1 N–H and O–H groups in total. The van der Waals surface area contributed by atoms with Gasteiger partial charge in [0, 0.05) is 36.1 Å². The minimum atomic E-state index is 0.963. The minimum absolute atomic E-state index is 0.963. The Morgan fingerprint density at radius 3 is 2.79 bits per heavy atom. The third kappa shape index (κ3) is 1.86. The number of hydrogen-bond acceptors (Lipinski definition) is 2. The van der Waals surface area contributed by atoms with Crippen molar-refractivity contribution < 1.29 is 0 Å². The molecule has 0 saturated heterocycles. The zero-order valence-corrected chi connectivity index (χ0v) is 11.5. The van der Waals surface area contributed by atoms with Gasteiger partial charge in [0.25, 0.3) is 0 Å². The second kappa shape index (κ2) is 4.92. The lowest BCUT2D eigenvalue weighted by atomic mass is 10.2. The Morgan fingerprint density at radius 1 is 1.16 bits per heavy atom. The van der Waals surface area contributed by atoms with Crippen LogP contribution in [0.5, 0.6) is 0 Å². The monoisotopic (exact) mass is 253 g/mol. The van der Waals surface area contributed by atoms with Crippen molar-refractivity contribution >= 4 is 27.6 Å². The van der Waals surface area contributed by atoms with Gasteiger partial charge < -0.3 is 9.88 Å². The van der Waals surface area contributed by atoms with E-state index in [1.54, 1.807) is 0 Å². The van der Waals surface area contributed by atoms with E-state index in [9.17, 15) is 0 Å². The molecule has 2 heterocycles. The first-order valence-corrected chi connectivity index (χ1v) is 6.90. The molecular weight excluding hydrogens is 234 g/mol. The highest BCUT2D eigenvalue weighted by Gasteiger charge is 2.13. The molecule has 1 aromatic carbocycles. The summed E-state index contributed by atoms with van der Waals surface area (Å²) in [6, 6.07) is 10.7. The molecule has 0 fully saturated rings. The van der Waals surface area contributed by atoms with Crippen LogP contribution in [0.1, 0.15) is 19.8 Å². The fourth-order valence-corrected chi connectivity index (χ4v) is 2.73. The van der Waals surface area contributed by atoms with Crippen molar-refractivity contribution in [3.63, 3.8) is 0 Å². The fraction of sp³-hybridized carbons (Fsp3) is 0.312. The first-order chi connectivity index (χ1) is 9.36. The van der Waals surface area contributed by atoms with E-state index in [1.807, 2.05) is 13.2 Å². The summed E-state index contributed by atoms with van der Waals surface area (Å²) < 4.78 is 2.40. The zero-order valence-electron chi connectivity index (χ0n) is 11.5. The number of anilines is 1. The minimum Gasteiger partial charge on any atom is -0.371 e. The third-order valence-electron chi connectivity index (χ3n) is 3.65. The number of pyridine rings is 1. The van der Waals surface area contributed by atoms with Gasteiger partial charge >= 0.3 is 0 Å². The van der Waals surface area contributed by atoms with Crippen LogP contribution in [0, 0.1) is 0 Å². The van der Waals surface area contributed by atoms with E-state index in [0.29, 0.717) is 0 Å². The second-order valence-corrected chi connectivity index (χ2v) is 4.83. The van der Waals surface area contributed by atoms with Crippen LogP contribution >= 0.6 is 0 Å². The van der Waals surface area contributed by atoms with E-state index < -0.39 is 0 Å². The fourth-order valence-electron chi connectivity index (χ4n) is 2.73. The molecule has 19 heavy (non-hydrogen) atoms. The summed E-state index contributed by atoms with van der Waals surface area (Å²) in [4.78, 5) is 4.46. The van der Waals surface area contributed by atoms with Crippen molar-refractivity contribution in [3.05, 3.63) is 36.5 Å². The maximum atomic E-state index is 4.46. The zero-order chi connectivity index (χ0) is 13.2. The van der Waals surface area contributed by atoms with Gasteiger partial charge in [-0.1, -0.05) is 31.5 Å². The SMILES string of the molecule is CCCCn1c2ccccc2c2ccnc(NC)c21. The number of unbranched alkanes of at least 4 members (excludes halogenated alkanes) is 1. The van der Waals surface area contributed by atoms with Crippen molar-refractivity contribution in [2.24, 2.45) is 0 Å². The topological polar surface area (TPSA) is 29.9 Å². The van der Waals surface area contributed by atoms with Gasteiger partial charge in [0.1, 0.15) is 5.82 Å². The largest absolute Gasteiger partial charge is 0.371 e. The second-order valence-electron chi connectivity index (χ2n) is 4.83. The smallest absolute Gasteiger partial charge is 0.150 e. The lowest BCUT2D eigenvalue weighted by molar-refractivity contribution is 0.665. The highest BCUT2D eigenvalue weighted by Crippen LogP contribution is 2.32. The van der Waals surface area contributed by atoms with E-state index >= 15 is 0 Å². The number of para-hydroxylation sites is 1.